The first-order valence-electron chi connectivity index (χ1n) is 4.77. The van der Waals surface area contributed by atoms with Gasteiger partial charge in [0.2, 0.25) is 0 Å². The van der Waals surface area contributed by atoms with Crippen molar-refractivity contribution in [3.63, 3.8) is 0 Å². The smallest absolute Gasteiger partial charge is 0.259 e. The summed E-state index contributed by atoms with van der Waals surface area (Å²) in [7, 11) is 0. The van der Waals surface area contributed by atoms with Crippen molar-refractivity contribution in [2.24, 2.45) is 0 Å². The van der Waals surface area contributed by atoms with Crippen molar-refractivity contribution in [3.05, 3.63) is 29.1 Å². The number of hydrogen-bond acceptors (Lipinski definition) is 2. The van der Waals surface area contributed by atoms with Gasteiger partial charge in [-0.2, -0.15) is 0 Å². The second kappa shape index (κ2) is 3.66. The summed E-state index contributed by atoms with van der Waals surface area (Å²) in [5.74, 6) is -1.85. The zero-order chi connectivity index (χ0) is 11.9. The third kappa shape index (κ3) is 1.68. The van der Waals surface area contributed by atoms with Crippen LogP contribution in [0.5, 0.6) is 0 Å². The lowest BCUT2D eigenvalue weighted by molar-refractivity contribution is -0.121. The molecule has 0 aromatic heterocycles. The van der Waals surface area contributed by atoms with Crippen LogP contribution in [0.1, 0.15) is 22.8 Å². The molecule has 1 aromatic carbocycles. The number of halogens is 2. The molecule has 84 valence electrons. The van der Waals surface area contributed by atoms with Crippen LogP contribution in [0.15, 0.2) is 12.1 Å². The van der Waals surface area contributed by atoms with Gasteiger partial charge < -0.3 is 5.32 Å². The molecule has 5 heteroatoms. The Morgan fingerprint density at radius 2 is 2.19 bits per heavy atom. The minimum Gasteiger partial charge on any atom is -0.321 e. The molecule has 2 rings (SSSR count). The number of carbonyl (C=O) groups is 2. The lowest BCUT2D eigenvalue weighted by atomic mass is 9.97. The summed E-state index contributed by atoms with van der Waals surface area (Å²) in [6.45, 7) is 1.30. The number of hydrogen-bond donors (Lipinski definition) is 1. The predicted molar refractivity (Wildman–Crippen MR) is 53.6 cm³/mol. The molecular formula is C11H9F2NO2. The molecule has 0 fully saturated rings. The van der Waals surface area contributed by atoms with E-state index in [0.717, 1.165) is 6.07 Å². The van der Waals surface area contributed by atoms with E-state index < -0.39 is 17.9 Å². The van der Waals surface area contributed by atoms with Crippen molar-refractivity contribution < 1.29 is 18.4 Å². The topological polar surface area (TPSA) is 46.2 Å². The highest BCUT2D eigenvalue weighted by Gasteiger charge is 2.28. The van der Waals surface area contributed by atoms with Gasteiger partial charge in [0, 0.05) is 12.0 Å². The van der Waals surface area contributed by atoms with Crippen LogP contribution in [0.3, 0.4) is 0 Å². The Hall–Kier alpha value is -1.78. The molecule has 1 aliphatic heterocycles. The molecule has 3 nitrogen and oxygen atoms in total. The summed E-state index contributed by atoms with van der Waals surface area (Å²) in [6.07, 6.45) is -1.88. The van der Waals surface area contributed by atoms with E-state index in [1.54, 1.807) is 0 Å². The average molecular weight is 225 g/mol. The van der Waals surface area contributed by atoms with Gasteiger partial charge >= 0.3 is 0 Å². The van der Waals surface area contributed by atoms with Crippen LogP contribution in [-0.4, -0.2) is 17.9 Å². The Labute approximate surface area is 90.5 Å². The maximum atomic E-state index is 13.5. The van der Waals surface area contributed by atoms with Gasteiger partial charge in [-0.15, -0.1) is 0 Å². The average Bonchev–Trinajstić information content (AvgIpc) is 2.20. The number of benzene rings is 1. The van der Waals surface area contributed by atoms with E-state index in [-0.39, 0.29) is 23.5 Å². The number of ketones is 1. The highest BCUT2D eigenvalue weighted by atomic mass is 19.1. The Morgan fingerprint density at radius 1 is 1.50 bits per heavy atom. The maximum absolute atomic E-state index is 13.5. The van der Waals surface area contributed by atoms with Crippen LogP contribution in [0, 0.1) is 5.82 Å². The maximum Gasteiger partial charge on any atom is 0.259 e. The number of amides is 1. The molecule has 0 aliphatic carbocycles. The fourth-order valence-electron chi connectivity index (χ4n) is 1.66. The van der Waals surface area contributed by atoms with Gasteiger partial charge in [0.25, 0.3) is 5.91 Å². The zero-order valence-electron chi connectivity index (χ0n) is 8.51. The molecular weight excluding hydrogens is 216 g/mol. The Bertz CT molecular complexity index is 485. The molecule has 1 N–H and O–H groups in total. The number of fused-ring (bicyclic) bond motifs is 1. The Kier molecular flexibility index (Phi) is 2.46. The van der Waals surface area contributed by atoms with Crippen molar-refractivity contribution in [2.45, 2.75) is 19.5 Å². The van der Waals surface area contributed by atoms with E-state index in [1.807, 2.05) is 0 Å². The number of nitrogens with one attached hydrogen (secondary N) is 1. The number of rotatable bonds is 1. The van der Waals surface area contributed by atoms with E-state index in [1.165, 1.54) is 13.0 Å². The van der Waals surface area contributed by atoms with Gasteiger partial charge in [-0.25, -0.2) is 8.78 Å². The van der Waals surface area contributed by atoms with Gasteiger partial charge in [-0.05, 0) is 24.6 Å². The highest BCUT2D eigenvalue weighted by Crippen LogP contribution is 2.28. The summed E-state index contributed by atoms with van der Waals surface area (Å²) in [5, 5.41) is 2.14. The fourth-order valence-corrected chi connectivity index (χ4v) is 1.66. The molecule has 0 spiro atoms. The summed E-state index contributed by atoms with van der Waals surface area (Å²) in [6, 6.07) is 2.45. The largest absolute Gasteiger partial charge is 0.321 e. The molecule has 1 aliphatic rings. The van der Waals surface area contributed by atoms with Gasteiger partial charge in [-0.1, -0.05) is 0 Å². The van der Waals surface area contributed by atoms with Crippen LogP contribution in [0.2, 0.25) is 0 Å². The lowest BCUT2D eigenvalue weighted by Gasteiger charge is -2.20. The lowest BCUT2D eigenvalue weighted by Crippen LogP contribution is -2.32. The van der Waals surface area contributed by atoms with Crippen molar-refractivity contribution in [2.75, 3.05) is 5.32 Å². The van der Waals surface area contributed by atoms with E-state index in [2.05, 4.69) is 5.32 Å². The van der Waals surface area contributed by atoms with E-state index in [4.69, 9.17) is 0 Å². The van der Waals surface area contributed by atoms with Crippen molar-refractivity contribution in [3.8, 4) is 0 Å². The van der Waals surface area contributed by atoms with Crippen LogP contribution < -0.4 is 5.32 Å². The van der Waals surface area contributed by atoms with Gasteiger partial charge in [0.1, 0.15) is 5.82 Å². The predicted octanol–water partition coefficient (Wildman–Crippen LogP) is 1.86. The Balaban J connectivity index is 2.52. The molecule has 1 amide bonds. The highest BCUT2D eigenvalue weighted by molar-refractivity contribution is 5.99. The van der Waals surface area contributed by atoms with Gasteiger partial charge in [-0.3, -0.25) is 9.59 Å². The summed E-state index contributed by atoms with van der Waals surface area (Å²) in [4.78, 5) is 22.1. The molecule has 1 unspecified atom stereocenters. The number of alkyl halides is 1. The number of carbonyl (C=O) groups excluding carboxylic acids is 2. The first-order valence-corrected chi connectivity index (χ1v) is 4.77. The molecule has 1 atom stereocenters. The summed E-state index contributed by atoms with van der Waals surface area (Å²) >= 11 is 0. The summed E-state index contributed by atoms with van der Waals surface area (Å²) < 4.78 is 26.6. The van der Waals surface area contributed by atoms with Gasteiger partial charge in [0.15, 0.2) is 12.0 Å². The normalized spacial score (nSPS) is 18.9. The standard InChI is InChI=1S/C11H9F2NO2/c1-5(15)6-2-7-4-9(13)11(16)14-10(7)8(12)3-6/h2-3,9H,4H2,1H3,(H,14,16). The van der Waals surface area contributed by atoms with Crippen LogP contribution in [-0.2, 0) is 11.2 Å². The summed E-state index contributed by atoms with van der Waals surface area (Å²) in [5.41, 5.74) is 0.473. The van der Waals surface area contributed by atoms with E-state index in [9.17, 15) is 18.4 Å². The SMILES string of the molecule is CC(=O)c1cc(F)c2c(c1)CC(F)C(=O)N2. The Morgan fingerprint density at radius 3 is 2.81 bits per heavy atom. The van der Waals surface area contributed by atoms with Crippen LogP contribution in [0.25, 0.3) is 0 Å². The molecule has 16 heavy (non-hydrogen) atoms. The van der Waals surface area contributed by atoms with Crippen LogP contribution >= 0.6 is 0 Å². The molecule has 0 saturated carbocycles. The van der Waals surface area contributed by atoms with E-state index >= 15 is 0 Å². The van der Waals surface area contributed by atoms with Crippen molar-refractivity contribution in [1.82, 2.24) is 0 Å². The second-order valence-electron chi connectivity index (χ2n) is 3.71. The second-order valence-corrected chi connectivity index (χ2v) is 3.71. The van der Waals surface area contributed by atoms with Crippen LogP contribution in [0.4, 0.5) is 14.5 Å². The third-order valence-corrected chi connectivity index (χ3v) is 2.51. The minimum atomic E-state index is -1.69. The third-order valence-electron chi connectivity index (χ3n) is 2.51. The molecule has 1 aromatic rings. The fraction of sp³-hybridized carbons (Fsp3) is 0.273. The minimum absolute atomic E-state index is 0.0242. The zero-order valence-corrected chi connectivity index (χ0v) is 8.51. The molecule has 0 radical (unpaired) electrons. The first-order chi connectivity index (χ1) is 7.49. The molecule has 1 heterocycles. The quantitative estimate of drug-likeness (QED) is 0.741. The molecule has 0 saturated heterocycles. The monoisotopic (exact) mass is 225 g/mol. The molecule has 0 bridgehead atoms. The first kappa shape index (κ1) is 10.7. The van der Waals surface area contributed by atoms with E-state index in [0.29, 0.717) is 5.56 Å². The van der Waals surface area contributed by atoms with Crippen molar-refractivity contribution in [1.29, 1.82) is 0 Å². The van der Waals surface area contributed by atoms with Gasteiger partial charge in [0.05, 0.1) is 5.69 Å². The number of anilines is 1. The number of Topliss-reactive ketones (excluding diaryl/α,β-unsaturated/α-hetero) is 1. The van der Waals surface area contributed by atoms with Crippen molar-refractivity contribution >= 4 is 17.4 Å².